The number of amides is 1. The normalized spacial score (nSPS) is 14.3. The SMILES string of the molecule is CCOc1ccc(-c2cc(C(=O)Nc3cnn(C4CCCC4)c3CC)[nH]n2)cc1. The molecule has 7 nitrogen and oxygen atoms in total. The van der Waals surface area contributed by atoms with Crippen molar-refractivity contribution >= 4 is 11.6 Å². The Morgan fingerprint density at radius 2 is 2.00 bits per heavy atom. The molecule has 0 atom stereocenters. The second-order valence-electron chi connectivity index (χ2n) is 7.32. The molecule has 0 bridgehead atoms. The maximum absolute atomic E-state index is 12.8. The van der Waals surface area contributed by atoms with Crippen LogP contribution < -0.4 is 10.1 Å². The van der Waals surface area contributed by atoms with Crippen molar-refractivity contribution in [2.24, 2.45) is 0 Å². The number of nitrogens with one attached hydrogen (secondary N) is 2. The molecule has 0 radical (unpaired) electrons. The Bertz CT molecular complexity index is 968. The number of hydrogen-bond acceptors (Lipinski definition) is 4. The van der Waals surface area contributed by atoms with Crippen LogP contribution in [0, 0.1) is 0 Å². The molecule has 2 aromatic heterocycles. The van der Waals surface area contributed by atoms with Gasteiger partial charge in [0.2, 0.25) is 0 Å². The number of aromatic nitrogens is 4. The lowest BCUT2D eigenvalue weighted by Gasteiger charge is -2.14. The Morgan fingerprint density at radius 1 is 1.24 bits per heavy atom. The molecule has 1 aromatic carbocycles. The van der Waals surface area contributed by atoms with E-state index in [1.54, 1.807) is 12.3 Å². The van der Waals surface area contributed by atoms with Crippen LogP contribution >= 0.6 is 0 Å². The number of hydrogen-bond donors (Lipinski definition) is 2. The van der Waals surface area contributed by atoms with Gasteiger partial charge in [0, 0.05) is 5.56 Å². The van der Waals surface area contributed by atoms with E-state index in [1.807, 2.05) is 31.2 Å². The Kier molecular flexibility index (Phi) is 5.64. The molecular formula is C22H27N5O2. The summed E-state index contributed by atoms with van der Waals surface area (Å²) in [5.41, 5.74) is 3.92. The number of nitrogens with zero attached hydrogens (tertiary/aromatic N) is 3. The second kappa shape index (κ2) is 8.51. The van der Waals surface area contributed by atoms with Crippen LogP contribution in [0.4, 0.5) is 5.69 Å². The number of carbonyl (C=O) groups is 1. The standard InChI is InChI=1S/C22H27N5O2/c1-3-21-20(14-23-27(21)16-7-5-6-8-16)24-22(28)19-13-18(25-26-19)15-9-11-17(12-10-15)29-4-2/h9-14,16H,3-8H2,1-2H3,(H,24,28)(H,25,26). The van der Waals surface area contributed by atoms with Crippen LogP contribution in [-0.4, -0.2) is 32.5 Å². The molecule has 0 saturated heterocycles. The molecule has 1 aliphatic rings. The largest absolute Gasteiger partial charge is 0.494 e. The average Bonchev–Trinajstić information content (AvgIpc) is 3.49. The molecule has 2 heterocycles. The van der Waals surface area contributed by atoms with Gasteiger partial charge in [-0.3, -0.25) is 14.6 Å². The number of anilines is 1. The first-order chi connectivity index (χ1) is 14.2. The van der Waals surface area contributed by atoms with Crippen LogP contribution in [0.1, 0.15) is 61.8 Å². The predicted octanol–water partition coefficient (Wildman–Crippen LogP) is 4.60. The van der Waals surface area contributed by atoms with Crippen molar-refractivity contribution in [3.63, 3.8) is 0 Å². The highest BCUT2D eigenvalue weighted by molar-refractivity contribution is 6.03. The van der Waals surface area contributed by atoms with Crippen LogP contribution in [-0.2, 0) is 6.42 Å². The summed E-state index contributed by atoms with van der Waals surface area (Å²) < 4.78 is 7.57. The van der Waals surface area contributed by atoms with Gasteiger partial charge in [0.15, 0.2) is 0 Å². The molecule has 1 amide bonds. The molecule has 2 N–H and O–H groups in total. The van der Waals surface area contributed by atoms with Gasteiger partial charge in [-0.1, -0.05) is 19.8 Å². The average molecular weight is 393 g/mol. The summed E-state index contributed by atoms with van der Waals surface area (Å²) in [5.74, 6) is 0.603. The van der Waals surface area contributed by atoms with Gasteiger partial charge >= 0.3 is 0 Å². The molecule has 1 fully saturated rings. The van der Waals surface area contributed by atoms with Crippen molar-refractivity contribution < 1.29 is 9.53 Å². The Morgan fingerprint density at radius 3 is 2.69 bits per heavy atom. The summed E-state index contributed by atoms with van der Waals surface area (Å²) in [6.07, 6.45) is 7.41. The van der Waals surface area contributed by atoms with E-state index in [2.05, 4.69) is 32.2 Å². The summed E-state index contributed by atoms with van der Waals surface area (Å²) in [5, 5.41) is 14.7. The minimum atomic E-state index is -0.213. The summed E-state index contributed by atoms with van der Waals surface area (Å²) >= 11 is 0. The summed E-state index contributed by atoms with van der Waals surface area (Å²) in [4.78, 5) is 12.8. The van der Waals surface area contributed by atoms with Crippen molar-refractivity contribution in [2.45, 2.75) is 52.0 Å². The lowest BCUT2D eigenvalue weighted by molar-refractivity contribution is 0.102. The quantitative estimate of drug-likeness (QED) is 0.614. The number of aromatic amines is 1. The van der Waals surface area contributed by atoms with Gasteiger partial charge < -0.3 is 10.1 Å². The molecule has 3 aromatic rings. The maximum Gasteiger partial charge on any atom is 0.273 e. The first-order valence-electron chi connectivity index (χ1n) is 10.4. The zero-order valence-electron chi connectivity index (χ0n) is 16.9. The van der Waals surface area contributed by atoms with Gasteiger partial charge in [-0.15, -0.1) is 0 Å². The molecule has 7 heteroatoms. The minimum Gasteiger partial charge on any atom is -0.494 e. The monoisotopic (exact) mass is 393 g/mol. The first-order valence-corrected chi connectivity index (χ1v) is 10.4. The highest BCUT2D eigenvalue weighted by Gasteiger charge is 2.22. The zero-order valence-corrected chi connectivity index (χ0v) is 16.9. The molecule has 0 unspecified atom stereocenters. The van der Waals surface area contributed by atoms with E-state index in [0.717, 1.165) is 47.7 Å². The third-order valence-corrected chi connectivity index (χ3v) is 5.44. The van der Waals surface area contributed by atoms with E-state index in [4.69, 9.17) is 4.74 Å². The summed E-state index contributed by atoms with van der Waals surface area (Å²) in [6, 6.07) is 9.89. The van der Waals surface area contributed by atoms with Crippen molar-refractivity contribution in [1.29, 1.82) is 0 Å². The third kappa shape index (κ3) is 4.04. The summed E-state index contributed by atoms with van der Waals surface area (Å²) in [6.45, 7) is 4.68. The third-order valence-electron chi connectivity index (χ3n) is 5.44. The van der Waals surface area contributed by atoms with E-state index in [9.17, 15) is 4.79 Å². The number of carbonyl (C=O) groups excluding carboxylic acids is 1. The molecule has 152 valence electrons. The topological polar surface area (TPSA) is 84.8 Å². The Labute approximate surface area is 170 Å². The van der Waals surface area contributed by atoms with E-state index >= 15 is 0 Å². The minimum absolute atomic E-state index is 0.213. The highest BCUT2D eigenvalue weighted by atomic mass is 16.5. The molecule has 1 saturated carbocycles. The fourth-order valence-electron chi connectivity index (χ4n) is 3.97. The smallest absolute Gasteiger partial charge is 0.273 e. The first kappa shape index (κ1) is 19.2. The Hall–Kier alpha value is -3.09. The van der Waals surface area contributed by atoms with E-state index in [-0.39, 0.29) is 5.91 Å². The van der Waals surface area contributed by atoms with Crippen LogP contribution in [0.5, 0.6) is 5.75 Å². The predicted molar refractivity (Wildman–Crippen MR) is 112 cm³/mol. The maximum atomic E-state index is 12.8. The Balaban J connectivity index is 1.48. The highest BCUT2D eigenvalue weighted by Crippen LogP contribution is 2.32. The van der Waals surface area contributed by atoms with Gasteiger partial charge in [0.25, 0.3) is 5.91 Å². The van der Waals surface area contributed by atoms with Gasteiger partial charge in [-0.25, -0.2) is 0 Å². The van der Waals surface area contributed by atoms with Crippen molar-refractivity contribution in [3.05, 3.63) is 47.9 Å². The van der Waals surface area contributed by atoms with Gasteiger partial charge in [0.1, 0.15) is 11.4 Å². The van der Waals surface area contributed by atoms with Crippen LogP contribution in [0.15, 0.2) is 36.5 Å². The lowest BCUT2D eigenvalue weighted by atomic mass is 10.1. The van der Waals surface area contributed by atoms with Gasteiger partial charge in [-0.05, 0) is 56.5 Å². The number of benzene rings is 1. The number of H-pyrrole nitrogens is 1. The second-order valence-corrected chi connectivity index (χ2v) is 7.32. The fourth-order valence-corrected chi connectivity index (χ4v) is 3.97. The zero-order chi connectivity index (χ0) is 20.2. The number of rotatable bonds is 7. The van der Waals surface area contributed by atoms with Crippen molar-refractivity contribution in [1.82, 2.24) is 20.0 Å². The fraction of sp³-hybridized carbons (Fsp3) is 0.409. The van der Waals surface area contributed by atoms with Crippen molar-refractivity contribution in [2.75, 3.05) is 11.9 Å². The molecule has 4 rings (SSSR count). The molecule has 29 heavy (non-hydrogen) atoms. The summed E-state index contributed by atoms with van der Waals surface area (Å²) in [7, 11) is 0. The van der Waals surface area contributed by atoms with E-state index in [0.29, 0.717) is 18.3 Å². The number of ether oxygens (including phenoxy) is 1. The van der Waals surface area contributed by atoms with E-state index < -0.39 is 0 Å². The van der Waals surface area contributed by atoms with Gasteiger partial charge in [-0.2, -0.15) is 10.2 Å². The van der Waals surface area contributed by atoms with Crippen LogP contribution in [0.2, 0.25) is 0 Å². The van der Waals surface area contributed by atoms with E-state index in [1.165, 1.54) is 12.8 Å². The van der Waals surface area contributed by atoms with Crippen LogP contribution in [0.3, 0.4) is 0 Å². The lowest BCUT2D eigenvalue weighted by Crippen LogP contribution is -2.15. The molecule has 1 aliphatic carbocycles. The molecule has 0 spiro atoms. The van der Waals surface area contributed by atoms with Crippen molar-refractivity contribution in [3.8, 4) is 17.0 Å². The van der Waals surface area contributed by atoms with Crippen LogP contribution in [0.25, 0.3) is 11.3 Å². The molecular weight excluding hydrogens is 366 g/mol. The molecule has 0 aliphatic heterocycles. The van der Waals surface area contributed by atoms with Gasteiger partial charge in [0.05, 0.1) is 35.9 Å².